The Hall–Kier alpha value is -1.39. The zero-order valence-electron chi connectivity index (χ0n) is 12.8. The molecule has 0 radical (unpaired) electrons. The van der Waals surface area contributed by atoms with Crippen LogP contribution in [0, 0.1) is 0 Å². The van der Waals surface area contributed by atoms with Crippen LogP contribution in [0.3, 0.4) is 0 Å². The van der Waals surface area contributed by atoms with E-state index < -0.39 is 0 Å². The summed E-state index contributed by atoms with van der Waals surface area (Å²) in [5, 5.41) is 4.84. The number of benzene rings is 1. The van der Waals surface area contributed by atoms with Crippen molar-refractivity contribution in [3.05, 3.63) is 46.6 Å². The van der Waals surface area contributed by atoms with Gasteiger partial charge >= 0.3 is 0 Å². The molecule has 0 saturated heterocycles. The van der Waals surface area contributed by atoms with Crippen LogP contribution in [0.15, 0.2) is 28.8 Å². The molecule has 1 aromatic carbocycles. The second-order valence-electron chi connectivity index (χ2n) is 4.96. The average molecular weight is 308 g/mol. The topological polar surface area (TPSA) is 42.2 Å². The molecule has 0 saturated carbocycles. The van der Waals surface area contributed by atoms with Crippen molar-refractivity contribution in [3.63, 3.8) is 0 Å². The predicted octanol–water partition coefficient (Wildman–Crippen LogP) is 4.11. The first-order chi connectivity index (χ1) is 10.2. The normalized spacial score (nSPS) is 12.8. The highest BCUT2D eigenvalue weighted by atomic mass is 35.5. The summed E-state index contributed by atoms with van der Waals surface area (Å²) in [6.07, 6.45) is 1.55. The molecule has 0 unspecified atom stereocenters. The Balaban J connectivity index is 2.15. The summed E-state index contributed by atoms with van der Waals surface area (Å²) in [6, 6.07) is 7.93. The van der Waals surface area contributed by atoms with Gasteiger partial charge in [0, 0.05) is 11.4 Å². The molecule has 1 aromatic heterocycles. The van der Waals surface area contributed by atoms with Crippen LogP contribution >= 0.6 is 11.6 Å². The lowest BCUT2D eigenvalue weighted by molar-refractivity contribution is 0.171. The van der Waals surface area contributed by atoms with Crippen molar-refractivity contribution in [1.29, 1.82) is 0 Å². The van der Waals surface area contributed by atoms with Crippen molar-refractivity contribution in [3.8, 4) is 0 Å². The number of aromatic nitrogens is 2. The lowest BCUT2D eigenvalue weighted by atomic mass is 10.1. The highest BCUT2D eigenvalue weighted by molar-refractivity contribution is 6.31. The molecular weight excluding hydrogens is 286 g/mol. The van der Waals surface area contributed by atoms with E-state index in [2.05, 4.69) is 35.8 Å². The molecule has 1 heterocycles. The van der Waals surface area contributed by atoms with Gasteiger partial charge in [0.25, 0.3) is 0 Å². The number of nitrogens with zero attached hydrogens (tertiary/aromatic N) is 3. The van der Waals surface area contributed by atoms with E-state index in [1.807, 2.05) is 24.3 Å². The third-order valence-corrected chi connectivity index (χ3v) is 4.08. The molecule has 0 aliphatic carbocycles. The lowest BCUT2D eigenvalue weighted by Gasteiger charge is -2.25. The molecule has 0 aliphatic heterocycles. The van der Waals surface area contributed by atoms with Crippen LogP contribution in [-0.4, -0.2) is 28.1 Å². The molecule has 0 aliphatic rings. The van der Waals surface area contributed by atoms with Crippen LogP contribution < -0.4 is 0 Å². The molecule has 2 rings (SSSR count). The largest absolute Gasteiger partial charge is 0.338 e. The van der Waals surface area contributed by atoms with Gasteiger partial charge in [0.05, 0.1) is 6.04 Å². The lowest BCUT2D eigenvalue weighted by Crippen LogP contribution is -2.28. The Morgan fingerprint density at radius 1 is 1.19 bits per heavy atom. The minimum absolute atomic E-state index is 0.187. The summed E-state index contributed by atoms with van der Waals surface area (Å²) in [6.45, 7) is 8.37. The summed E-state index contributed by atoms with van der Waals surface area (Å²) in [7, 11) is 0. The first-order valence-corrected chi connectivity index (χ1v) is 7.87. The van der Waals surface area contributed by atoms with E-state index in [9.17, 15) is 0 Å². The summed E-state index contributed by atoms with van der Waals surface area (Å²) in [4.78, 5) is 6.88. The van der Waals surface area contributed by atoms with Crippen molar-refractivity contribution in [2.75, 3.05) is 13.1 Å². The highest BCUT2D eigenvalue weighted by Crippen LogP contribution is 2.23. The summed E-state index contributed by atoms with van der Waals surface area (Å²) >= 11 is 6.17. The predicted molar refractivity (Wildman–Crippen MR) is 84.5 cm³/mol. The first kappa shape index (κ1) is 16.0. The Morgan fingerprint density at radius 2 is 1.90 bits per heavy atom. The third kappa shape index (κ3) is 3.83. The van der Waals surface area contributed by atoms with Gasteiger partial charge in [-0.25, -0.2) is 0 Å². The van der Waals surface area contributed by atoms with Crippen molar-refractivity contribution in [2.24, 2.45) is 0 Å². The van der Waals surface area contributed by atoms with Crippen LogP contribution in [0.25, 0.3) is 0 Å². The Kier molecular flexibility index (Phi) is 5.76. The minimum atomic E-state index is 0.187. The maximum absolute atomic E-state index is 6.17. The van der Waals surface area contributed by atoms with Crippen LogP contribution in [0.4, 0.5) is 0 Å². The fourth-order valence-corrected chi connectivity index (χ4v) is 2.74. The quantitative estimate of drug-likeness (QED) is 0.772. The van der Waals surface area contributed by atoms with Gasteiger partial charge in [-0.05, 0) is 31.1 Å². The van der Waals surface area contributed by atoms with Gasteiger partial charge < -0.3 is 4.52 Å². The van der Waals surface area contributed by atoms with Crippen molar-refractivity contribution in [1.82, 2.24) is 15.0 Å². The van der Waals surface area contributed by atoms with Gasteiger partial charge in [0.1, 0.15) is 0 Å². The Morgan fingerprint density at radius 3 is 2.52 bits per heavy atom. The average Bonchev–Trinajstić information content (AvgIpc) is 2.95. The maximum atomic E-state index is 6.17. The number of halogens is 1. The van der Waals surface area contributed by atoms with Gasteiger partial charge in [0.2, 0.25) is 5.89 Å². The minimum Gasteiger partial charge on any atom is -0.338 e. The van der Waals surface area contributed by atoms with E-state index in [1.165, 1.54) is 0 Å². The molecule has 21 heavy (non-hydrogen) atoms. The summed E-state index contributed by atoms with van der Waals surface area (Å²) in [5.41, 5.74) is 1.02. The number of hydrogen-bond donors (Lipinski definition) is 0. The van der Waals surface area contributed by atoms with E-state index in [1.54, 1.807) is 0 Å². The van der Waals surface area contributed by atoms with Crippen LogP contribution in [-0.2, 0) is 6.42 Å². The summed E-state index contributed by atoms with van der Waals surface area (Å²) < 4.78 is 5.47. The van der Waals surface area contributed by atoms with E-state index in [4.69, 9.17) is 16.1 Å². The molecule has 1 atom stereocenters. The van der Waals surface area contributed by atoms with E-state index >= 15 is 0 Å². The molecule has 0 fully saturated rings. The fraction of sp³-hybridized carbons (Fsp3) is 0.500. The Labute approximate surface area is 131 Å². The highest BCUT2D eigenvalue weighted by Gasteiger charge is 2.22. The molecule has 114 valence electrons. The van der Waals surface area contributed by atoms with Crippen LogP contribution in [0.1, 0.15) is 50.5 Å². The van der Waals surface area contributed by atoms with E-state index in [0.29, 0.717) is 18.1 Å². The monoisotopic (exact) mass is 307 g/mol. The maximum Gasteiger partial charge on any atom is 0.243 e. The van der Waals surface area contributed by atoms with Gasteiger partial charge in [-0.2, -0.15) is 4.98 Å². The molecule has 0 spiro atoms. The smallest absolute Gasteiger partial charge is 0.243 e. The van der Waals surface area contributed by atoms with Crippen molar-refractivity contribution < 1.29 is 4.52 Å². The molecular formula is C16H22ClN3O. The number of rotatable bonds is 7. The van der Waals surface area contributed by atoms with E-state index in [0.717, 1.165) is 30.1 Å². The number of hydrogen-bond acceptors (Lipinski definition) is 4. The summed E-state index contributed by atoms with van der Waals surface area (Å²) in [5.74, 6) is 1.38. The zero-order chi connectivity index (χ0) is 15.2. The molecule has 0 amide bonds. The van der Waals surface area contributed by atoms with Crippen molar-refractivity contribution >= 4 is 11.6 Å². The molecule has 0 N–H and O–H groups in total. The van der Waals surface area contributed by atoms with Gasteiger partial charge in [-0.15, -0.1) is 0 Å². The molecule has 2 aromatic rings. The molecule has 0 bridgehead atoms. The second kappa shape index (κ2) is 7.57. The van der Waals surface area contributed by atoms with E-state index in [-0.39, 0.29) is 6.04 Å². The van der Waals surface area contributed by atoms with Crippen LogP contribution in [0.5, 0.6) is 0 Å². The molecule has 4 nitrogen and oxygen atoms in total. The SMILES string of the molecule is CC[C@H](c1nc(Cc2ccccc2Cl)no1)N(CC)CC. The Bertz CT molecular complexity index is 566. The first-order valence-electron chi connectivity index (χ1n) is 7.49. The van der Waals surface area contributed by atoms with Crippen LogP contribution in [0.2, 0.25) is 5.02 Å². The fourth-order valence-electron chi connectivity index (χ4n) is 2.54. The third-order valence-electron chi connectivity index (χ3n) is 3.72. The second-order valence-corrected chi connectivity index (χ2v) is 5.37. The van der Waals surface area contributed by atoms with Crippen molar-refractivity contribution in [2.45, 2.75) is 39.7 Å². The van der Waals surface area contributed by atoms with Gasteiger partial charge in [-0.3, -0.25) is 4.90 Å². The zero-order valence-corrected chi connectivity index (χ0v) is 13.6. The molecule has 5 heteroatoms. The standard InChI is InChI=1S/C16H22ClN3O/c1-4-14(20(5-2)6-3)16-18-15(19-21-16)11-12-9-7-8-10-13(12)17/h7-10,14H,4-6,11H2,1-3H3/t14-/m1/s1. The van der Waals surface area contributed by atoms with Gasteiger partial charge in [0.15, 0.2) is 5.82 Å². The van der Waals surface area contributed by atoms with Gasteiger partial charge in [-0.1, -0.05) is 55.7 Å².